The fraction of sp³-hybridized carbons (Fsp3) is 0.231. The van der Waals surface area contributed by atoms with Crippen LogP contribution in [0.2, 0.25) is 0 Å². The molecule has 1 saturated heterocycles. The van der Waals surface area contributed by atoms with E-state index in [9.17, 15) is 13.2 Å². The Balaban J connectivity index is 1.54. The van der Waals surface area contributed by atoms with Crippen molar-refractivity contribution in [2.75, 3.05) is 36.5 Å². The summed E-state index contributed by atoms with van der Waals surface area (Å²) in [7, 11) is 0. The molecule has 2 aromatic carbocycles. The van der Waals surface area contributed by atoms with Gasteiger partial charge in [0.25, 0.3) is 0 Å². The van der Waals surface area contributed by atoms with Crippen LogP contribution in [0.3, 0.4) is 0 Å². The Morgan fingerprint density at radius 3 is 2.50 bits per heavy atom. The maximum absolute atomic E-state index is 13.4. The lowest BCUT2D eigenvalue weighted by Gasteiger charge is -2.27. The topological polar surface area (TPSA) is 76.1 Å². The fourth-order valence-corrected chi connectivity index (χ4v) is 3.95. The van der Waals surface area contributed by atoms with E-state index in [0.717, 1.165) is 17.7 Å². The number of nitrogens with zero attached hydrogens (tertiary/aromatic N) is 5. The van der Waals surface area contributed by atoms with Crippen molar-refractivity contribution >= 4 is 11.8 Å². The number of halogens is 3. The summed E-state index contributed by atoms with van der Waals surface area (Å²) in [5, 5.41) is 11.9. The first-order valence-corrected chi connectivity index (χ1v) is 11.5. The molecule has 0 saturated carbocycles. The van der Waals surface area contributed by atoms with Gasteiger partial charge in [0.15, 0.2) is 5.82 Å². The van der Waals surface area contributed by atoms with E-state index in [0.29, 0.717) is 67.1 Å². The number of nitrogens with one attached hydrogen (secondary N) is 1. The summed E-state index contributed by atoms with van der Waals surface area (Å²) < 4.78 is 45.7. The lowest BCUT2D eigenvalue weighted by atomic mass is 10.0. The predicted molar refractivity (Wildman–Crippen MR) is 130 cm³/mol. The Morgan fingerprint density at radius 1 is 0.917 bits per heavy atom. The zero-order valence-corrected chi connectivity index (χ0v) is 19.2. The smallest absolute Gasteiger partial charge is 0.378 e. The van der Waals surface area contributed by atoms with Crippen LogP contribution in [0.4, 0.5) is 24.9 Å². The molecular formula is C26H23F3N6O. The molecule has 1 aliphatic heterocycles. The van der Waals surface area contributed by atoms with Crippen molar-refractivity contribution in [3.05, 3.63) is 84.1 Å². The van der Waals surface area contributed by atoms with Gasteiger partial charge in [-0.1, -0.05) is 42.5 Å². The van der Waals surface area contributed by atoms with Crippen LogP contribution in [0.1, 0.15) is 11.1 Å². The summed E-state index contributed by atoms with van der Waals surface area (Å²) in [6.07, 6.45) is -2.86. The van der Waals surface area contributed by atoms with Gasteiger partial charge in [-0.05, 0) is 29.8 Å². The first kappa shape index (κ1) is 23.7. The molecule has 0 aliphatic carbocycles. The molecule has 0 unspecified atom stereocenters. The highest BCUT2D eigenvalue weighted by Crippen LogP contribution is 2.35. The van der Waals surface area contributed by atoms with E-state index >= 15 is 0 Å². The molecule has 1 fully saturated rings. The maximum atomic E-state index is 13.4. The van der Waals surface area contributed by atoms with Gasteiger partial charge in [0.2, 0.25) is 5.95 Å². The number of alkyl halides is 3. The number of hydrogen-bond donors (Lipinski definition) is 1. The van der Waals surface area contributed by atoms with Crippen molar-refractivity contribution in [1.29, 1.82) is 0 Å². The number of aromatic nitrogens is 4. The molecule has 36 heavy (non-hydrogen) atoms. The third kappa shape index (κ3) is 5.44. The van der Waals surface area contributed by atoms with Gasteiger partial charge in [-0.25, -0.2) is 9.97 Å². The molecule has 0 bridgehead atoms. The highest BCUT2D eigenvalue weighted by molar-refractivity contribution is 5.81. The van der Waals surface area contributed by atoms with Crippen molar-refractivity contribution < 1.29 is 17.9 Å². The molecular weight excluding hydrogens is 469 g/mol. The van der Waals surface area contributed by atoms with Gasteiger partial charge in [0.05, 0.1) is 24.5 Å². The van der Waals surface area contributed by atoms with Crippen molar-refractivity contribution in [1.82, 2.24) is 20.2 Å². The molecule has 0 atom stereocenters. The second-order valence-electron chi connectivity index (χ2n) is 8.25. The molecule has 7 nitrogen and oxygen atoms in total. The molecule has 3 heterocycles. The monoisotopic (exact) mass is 492 g/mol. The van der Waals surface area contributed by atoms with Crippen LogP contribution in [0.5, 0.6) is 0 Å². The number of ether oxygens (including phenoxy) is 1. The zero-order valence-electron chi connectivity index (χ0n) is 19.2. The standard InChI is InChI=1S/C26H23F3N6O/c27-26(28,29)20-8-4-7-19(15-20)24-21(16-23(33-34-24)35-11-13-36-14-12-35)22-9-10-30-25(32-22)31-17-18-5-2-1-3-6-18/h1-10,15-16H,11-14,17H2,(H,30,31,32). The minimum atomic E-state index is -4.47. The molecule has 1 N–H and O–H groups in total. The van der Waals surface area contributed by atoms with E-state index in [4.69, 9.17) is 4.74 Å². The van der Waals surface area contributed by atoms with Crippen molar-refractivity contribution in [3.8, 4) is 22.5 Å². The molecule has 5 rings (SSSR count). The van der Waals surface area contributed by atoms with Crippen molar-refractivity contribution in [2.24, 2.45) is 0 Å². The Hall–Kier alpha value is -4.05. The number of anilines is 2. The first-order chi connectivity index (χ1) is 17.5. The molecule has 0 amide bonds. The zero-order chi connectivity index (χ0) is 25.0. The highest BCUT2D eigenvalue weighted by atomic mass is 19.4. The van der Waals surface area contributed by atoms with Crippen LogP contribution in [0.15, 0.2) is 72.9 Å². The second-order valence-corrected chi connectivity index (χ2v) is 8.25. The van der Waals surface area contributed by atoms with Crippen LogP contribution in [0, 0.1) is 0 Å². The molecule has 1 aliphatic rings. The van der Waals surface area contributed by atoms with E-state index in [1.165, 1.54) is 6.07 Å². The summed E-state index contributed by atoms with van der Waals surface area (Å²) in [6, 6.07) is 18.4. The second kappa shape index (κ2) is 10.3. The molecule has 2 aromatic heterocycles. The lowest BCUT2D eigenvalue weighted by Crippen LogP contribution is -2.36. The van der Waals surface area contributed by atoms with Gasteiger partial charge in [0, 0.05) is 37.0 Å². The number of benzene rings is 2. The molecule has 4 aromatic rings. The van der Waals surface area contributed by atoms with E-state index in [1.807, 2.05) is 41.3 Å². The van der Waals surface area contributed by atoms with E-state index in [-0.39, 0.29) is 0 Å². The summed E-state index contributed by atoms with van der Waals surface area (Å²) in [6.45, 7) is 2.94. The van der Waals surface area contributed by atoms with Gasteiger partial charge in [-0.2, -0.15) is 13.2 Å². The summed E-state index contributed by atoms with van der Waals surface area (Å²) in [5.74, 6) is 1.01. The normalized spacial score (nSPS) is 14.0. The number of hydrogen-bond acceptors (Lipinski definition) is 7. The van der Waals surface area contributed by atoms with Gasteiger partial charge in [-0.3, -0.25) is 0 Å². The molecule has 0 spiro atoms. The van der Waals surface area contributed by atoms with Crippen LogP contribution < -0.4 is 10.2 Å². The predicted octanol–water partition coefficient (Wildman–Crippen LogP) is 5.07. The Kier molecular flexibility index (Phi) is 6.77. The van der Waals surface area contributed by atoms with E-state index in [1.54, 1.807) is 18.3 Å². The molecule has 0 radical (unpaired) electrons. The minimum Gasteiger partial charge on any atom is -0.378 e. The Labute approximate surface area is 206 Å². The van der Waals surface area contributed by atoms with Gasteiger partial charge in [-0.15, -0.1) is 10.2 Å². The van der Waals surface area contributed by atoms with Gasteiger partial charge >= 0.3 is 6.18 Å². The average molecular weight is 493 g/mol. The van der Waals surface area contributed by atoms with Crippen molar-refractivity contribution in [3.63, 3.8) is 0 Å². The number of morpholine rings is 1. The SMILES string of the molecule is FC(F)(F)c1cccc(-c2nnc(N3CCOCC3)cc2-c2ccnc(NCc3ccccc3)n2)c1. The summed E-state index contributed by atoms with van der Waals surface area (Å²) in [5.41, 5.74) is 2.02. The third-order valence-corrected chi connectivity index (χ3v) is 5.80. The number of rotatable bonds is 6. The Bertz CT molecular complexity index is 1330. The van der Waals surface area contributed by atoms with Gasteiger partial charge in [0.1, 0.15) is 5.69 Å². The van der Waals surface area contributed by atoms with Crippen LogP contribution in [0.25, 0.3) is 22.5 Å². The Morgan fingerprint density at radius 2 is 1.72 bits per heavy atom. The minimum absolute atomic E-state index is 0.304. The summed E-state index contributed by atoms with van der Waals surface area (Å²) >= 11 is 0. The maximum Gasteiger partial charge on any atom is 0.416 e. The van der Waals surface area contributed by atoms with E-state index in [2.05, 4.69) is 25.5 Å². The fourth-order valence-electron chi connectivity index (χ4n) is 3.95. The lowest BCUT2D eigenvalue weighted by molar-refractivity contribution is -0.137. The van der Waals surface area contributed by atoms with Gasteiger partial charge < -0.3 is 15.0 Å². The summed E-state index contributed by atoms with van der Waals surface area (Å²) in [4.78, 5) is 11.0. The van der Waals surface area contributed by atoms with Crippen LogP contribution in [-0.2, 0) is 17.5 Å². The first-order valence-electron chi connectivity index (χ1n) is 11.5. The largest absolute Gasteiger partial charge is 0.416 e. The average Bonchev–Trinajstić information content (AvgIpc) is 2.92. The third-order valence-electron chi connectivity index (χ3n) is 5.80. The highest BCUT2D eigenvalue weighted by Gasteiger charge is 2.31. The molecule has 184 valence electrons. The van der Waals surface area contributed by atoms with Crippen LogP contribution >= 0.6 is 0 Å². The molecule has 10 heteroatoms. The van der Waals surface area contributed by atoms with Crippen molar-refractivity contribution in [2.45, 2.75) is 12.7 Å². The van der Waals surface area contributed by atoms with E-state index < -0.39 is 11.7 Å². The quantitative estimate of drug-likeness (QED) is 0.403. The van der Waals surface area contributed by atoms with Crippen LogP contribution in [-0.4, -0.2) is 46.5 Å².